The number of anilines is 1. The topological polar surface area (TPSA) is 66.2 Å². The van der Waals surface area contributed by atoms with Gasteiger partial charge in [-0.1, -0.05) is 6.07 Å². The molecule has 2 N–H and O–H groups in total. The van der Waals surface area contributed by atoms with Gasteiger partial charge in [-0.05, 0) is 45.0 Å². The standard InChI is InChI=1S/C24H26FN5O/c1-13-10-30(11-14(2)26-13)18-7-16-5-6-21(27-23(16)20(25)9-18)19-8-17-12-29(4)28-22(17)15(3)24(19)31/h5-9,12-14,26,31H,10-11H2,1-4H3. The van der Waals surface area contributed by atoms with Gasteiger partial charge in [0, 0.05) is 66.0 Å². The number of hydrogen-bond acceptors (Lipinski definition) is 5. The third kappa shape index (κ3) is 3.39. The van der Waals surface area contributed by atoms with Gasteiger partial charge in [-0.15, -0.1) is 0 Å². The Kier molecular flexibility index (Phi) is 4.59. The maximum atomic E-state index is 15.1. The van der Waals surface area contributed by atoms with Crippen LogP contribution in [0.25, 0.3) is 33.1 Å². The van der Waals surface area contributed by atoms with E-state index < -0.39 is 0 Å². The van der Waals surface area contributed by atoms with Crippen LogP contribution in [0.2, 0.25) is 0 Å². The number of nitrogens with zero attached hydrogens (tertiary/aromatic N) is 4. The number of fused-ring (bicyclic) bond motifs is 2. The Morgan fingerprint density at radius 3 is 2.55 bits per heavy atom. The van der Waals surface area contributed by atoms with Crippen LogP contribution in [0.15, 0.2) is 36.5 Å². The van der Waals surface area contributed by atoms with Crippen molar-refractivity contribution in [3.8, 4) is 17.0 Å². The van der Waals surface area contributed by atoms with E-state index in [-0.39, 0.29) is 11.6 Å². The summed E-state index contributed by atoms with van der Waals surface area (Å²) in [6, 6.07) is 9.82. The van der Waals surface area contributed by atoms with Crippen LogP contribution in [-0.4, -0.2) is 45.0 Å². The number of benzene rings is 2. The lowest BCUT2D eigenvalue weighted by atomic mass is 10.0. The molecule has 2 aromatic heterocycles. The molecular weight excluding hydrogens is 393 g/mol. The van der Waals surface area contributed by atoms with Crippen LogP contribution in [0.3, 0.4) is 0 Å². The average molecular weight is 420 g/mol. The van der Waals surface area contributed by atoms with Crippen LogP contribution in [-0.2, 0) is 7.05 Å². The van der Waals surface area contributed by atoms with Crippen LogP contribution in [0.1, 0.15) is 19.4 Å². The number of phenolic OH excluding ortho intramolecular Hbond substituents is 1. The van der Waals surface area contributed by atoms with Gasteiger partial charge in [-0.2, -0.15) is 5.10 Å². The number of aromatic nitrogens is 3. The third-order valence-electron chi connectivity index (χ3n) is 6.05. The lowest BCUT2D eigenvalue weighted by Crippen LogP contribution is -2.54. The molecule has 0 amide bonds. The molecule has 1 saturated heterocycles. The predicted octanol–water partition coefficient (Wildman–Crippen LogP) is 4.13. The summed E-state index contributed by atoms with van der Waals surface area (Å²) in [5, 5.41) is 20.3. The summed E-state index contributed by atoms with van der Waals surface area (Å²) in [6.07, 6.45) is 1.90. The number of rotatable bonds is 2. The van der Waals surface area contributed by atoms with E-state index in [1.165, 1.54) is 0 Å². The maximum Gasteiger partial charge on any atom is 0.151 e. The van der Waals surface area contributed by atoms with Crippen LogP contribution < -0.4 is 10.2 Å². The van der Waals surface area contributed by atoms with E-state index in [2.05, 4.69) is 34.1 Å². The lowest BCUT2D eigenvalue weighted by Gasteiger charge is -2.37. The van der Waals surface area contributed by atoms with Gasteiger partial charge in [-0.3, -0.25) is 4.68 Å². The molecule has 7 heteroatoms. The van der Waals surface area contributed by atoms with Gasteiger partial charge >= 0.3 is 0 Å². The first-order chi connectivity index (χ1) is 14.8. The quantitative estimate of drug-likeness (QED) is 0.512. The average Bonchev–Trinajstić information content (AvgIpc) is 3.10. The molecule has 5 rings (SSSR count). The van der Waals surface area contributed by atoms with Gasteiger partial charge in [0.1, 0.15) is 11.3 Å². The monoisotopic (exact) mass is 419 g/mol. The van der Waals surface area contributed by atoms with E-state index in [0.717, 1.165) is 35.1 Å². The number of aryl methyl sites for hydroxylation is 2. The second-order valence-corrected chi connectivity index (χ2v) is 8.71. The summed E-state index contributed by atoms with van der Waals surface area (Å²) in [4.78, 5) is 6.80. The molecule has 160 valence electrons. The first-order valence-electron chi connectivity index (χ1n) is 10.6. The summed E-state index contributed by atoms with van der Waals surface area (Å²) in [7, 11) is 1.84. The van der Waals surface area contributed by atoms with Gasteiger partial charge in [0.2, 0.25) is 0 Å². The van der Waals surface area contributed by atoms with Crippen molar-refractivity contribution in [3.63, 3.8) is 0 Å². The van der Waals surface area contributed by atoms with Gasteiger partial charge in [0.15, 0.2) is 5.82 Å². The zero-order valence-electron chi connectivity index (χ0n) is 18.1. The first kappa shape index (κ1) is 19.8. The van der Waals surface area contributed by atoms with Crippen molar-refractivity contribution in [1.82, 2.24) is 20.1 Å². The van der Waals surface area contributed by atoms with Gasteiger partial charge in [0.25, 0.3) is 0 Å². The Labute approximate surface area is 180 Å². The molecule has 6 nitrogen and oxygen atoms in total. The number of piperazine rings is 1. The smallest absolute Gasteiger partial charge is 0.151 e. The second-order valence-electron chi connectivity index (χ2n) is 8.71. The molecule has 1 aliphatic rings. The summed E-state index contributed by atoms with van der Waals surface area (Å²) in [5.74, 6) is -0.231. The molecule has 0 saturated carbocycles. The second kappa shape index (κ2) is 7.20. The Morgan fingerprint density at radius 2 is 1.81 bits per heavy atom. The van der Waals surface area contributed by atoms with Gasteiger partial charge in [0.05, 0.1) is 11.2 Å². The van der Waals surface area contributed by atoms with Crippen molar-refractivity contribution in [2.75, 3.05) is 18.0 Å². The van der Waals surface area contributed by atoms with E-state index >= 15 is 4.39 Å². The molecule has 31 heavy (non-hydrogen) atoms. The Hall–Kier alpha value is -3.19. The van der Waals surface area contributed by atoms with Crippen LogP contribution in [0.5, 0.6) is 5.75 Å². The van der Waals surface area contributed by atoms with Crippen molar-refractivity contribution < 1.29 is 9.50 Å². The zero-order chi connectivity index (χ0) is 21.9. The van der Waals surface area contributed by atoms with E-state index in [1.807, 2.05) is 44.4 Å². The van der Waals surface area contributed by atoms with Crippen LogP contribution in [0.4, 0.5) is 10.1 Å². The van der Waals surface area contributed by atoms with Crippen molar-refractivity contribution in [1.29, 1.82) is 0 Å². The van der Waals surface area contributed by atoms with Gasteiger partial charge < -0.3 is 15.3 Å². The van der Waals surface area contributed by atoms with Crippen molar-refractivity contribution in [3.05, 3.63) is 47.9 Å². The maximum absolute atomic E-state index is 15.1. The Bertz CT molecular complexity index is 1300. The number of aromatic hydroxyl groups is 1. The molecule has 0 spiro atoms. The molecule has 0 bridgehead atoms. The van der Waals surface area contributed by atoms with Crippen molar-refractivity contribution in [2.45, 2.75) is 32.9 Å². The van der Waals surface area contributed by atoms with E-state index in [1.54, 1.807) is 10.7 Å². The van der Waals surface area contributed by atoms with Gasteiger partial charge in [-0.25, -0.2) is 9.37 Å². The normalized spacial score (nSPS) is 19.5. The van der Waals surface area contributed by atoms with E-state index in [4.69, 9.17) is 0 Å². The Morgan fingerprint density at radius 1 is 1.06 bits per heavy atom. The minimum absolute atomic E-state index is 0.124. The van der Waals surface area contributed by atoms with Crippen LogP contribution in [0, 0.1) is 12.7 Å². The predicted molar refractivity (Wildman–Crippen MR) is 122 cm³/mol. The molecule has 2 aromatic carbocycles. The fraction of sp³-hybridized carbons (Fsp3) is 0.333. The molecule has 1 fully saturated rings. The number of phenols is 1. The SMILES string of the molecule is Cc1c(O)c(-c2ccc3cc(N4CC(C)NC(C)C4)cc(F)c3n2)cc2cn(C)nc12. The highest BCUT2D eigenvalue weighted by molar-refractivity contribution is 5.92. The fourth-order valence-electron chi connectivity index (χ4n) is 4.68. The fourth-order valence-corrected chi connectivity index (χ4v) is 4.68. The number of halogens is 1. The van der Waals surface area contributed by atoms with Crippen molar-refractivity contribution >= 4 is 27.5 Å². The van der Waals surface area contributed by atoms with E-state index in [0.29, 0.717) is 34.4 Å². The first-order valence-corrected chi connectivity index (χ1v) is 10.6. The molecule has 2 unspecified atom stereocenters. The summed E-state index contributed by atoms with van der Waals surface area (Å²) in [5.41, 5.74) is 3.73. The Balaban J connectivity index is 1.59. The summed E-state index contributed by atoms with van der Waals surface area (Å²) >= 11 is 0. The summed E-state index contributed by atoms with van der Waals surface area (Å²) in [6.45, 7) is 7.78. The molecular formula is C24H26FN5O. The molecule has 0 radical (unpaired) electrons. The highest BCUT2D eigenvalue weighted by Crippen LogP contribution is 2.37. The highest BCUT2D eigenvalue weighted by atomic mass is 19.1. The molecule has 2 atom stereocenters. The molecule has 4 aromatic rings. The minimum atomic E-state index is -0.355. The molecule has 1 aliphatic heterocycles. The lowest BCUT2D eigenvalue weighted by molar-refractivity contribution is 0.407. The van der Waals surface area contributed by atoms with Crippen LogP contribution >= 0.6 is 0 Å². The minimum Gasteiger partial charge on any atom is -0.507 e. The molecule has 3 heterocycles. The third-order valence-corrected chi connectivity index (χ3v) is 6.05. The highest BCUT2D eigenvalue weighted by Gasteiger charge is 2.22. The number of nitrogens with one attached hydrogen (secondary N) is 1. The summed E-state index contributed by atoms with van der Waals surface area (Å²) < 4.78 is 16.9. The van der Waals surface area contributed by atoms with E-state index in [9.17, 15) is 5.11 Å². The number of hydrogen-bond donors (Lipinski definition) is 2. The number of pyridine rings is 1. The largest absolute Gasteiger partial charge is 0.507 e. The van der Waals surface area contributed by atoms with Crippen molar-refractivity contribution in [2.24, 2.45) is 7.05 Å². The zero-order valence-corrected chi connectivity index (χ0v) is 18.1. The molecule has 0 aliphatic carbocycles.